The van der Waals surface area contributed by atoms with Crippen LogP contribution in [-0.2, 0) is 0 Å². The van der Waals surface area contributed by atoms with Crippen LogP contribution in [0.4, 0.5) is 14.5 Å². The van der Waals surface area contributed by atoms with Crippen molar-refractivity contribution in [2.45, 2.75) is 13.3 Å². The van der Waals surface area contributed by atoms with Crippen LogP contribution in [-0.4, -0.2) is 19.8 Å². The molecule has 1 fully saturated rings. The molecule has 1 N–H and O–H groups in total. The Hall–Kier alpha value is -1.45. The topological polar surface area (TPSA) is 27.1 Å². The van der Waals surface area contributed by atoms with E-state index in [9.17, 15) is 8.78 Å². The first-order valence-corrected chi connectivity index (χ1v) is 5.22. The SMILES string of the molecule is C=N.CC1CCN(c2ccc(F)c(F)c2)C1. The van der Waals surface area contributed by atoms with Crippen LogP contribution in [0.3, 0.4) is 0 Å². The van der Waals surface area contributed by atoms with E-state index in [1.54, 1.807) is 6.07 Å². The summed E-state index contributed by atoms with van der Waals surface area (Å²) in [5.41, 5.74) is 0.785. The minimum absolute atomic E-state index is 0.642. The van der Waals surface area contributed by atoms with E-state index in [1.165, 1.54) is 12.1 Å². The number of hydrogen-bond acceptors (Lipinski definition) is 2. The zero-order valence-corrected chi connectivity index (χ0v) is 9.34. The number of hydrogen-bond donors (Lipinski definition) is 1. The predicted octanol–water partition coefficient (Wildman–Crippen LogP) is 3.08. The van der Waals surface area contributed by atoms with Crippen LogP contribution in [0.1, 0.15) is 13.3 Å². The Kier molecular flexibility index (Phi) is 4.40. The summed E-state index contributed by atoms with van der Waals surface area (Å²) >= 11 is 0. The lowest BCUT2D eigenvalue weighted by Gasteiger charge is -2.18. The van der Waals surface area contributed by atoms with E-state index in [4.69, 9.17) is 5.41 Å². The lowest BCUT2D eigenvalue weighted by Crippen LogP contribution is -2.19. The van der Waals surface area contributed by atoms with Gasteiger partial charge in [0.1, 0.15) is 0 Å². The first kappa shape index (κ1) is 12.6. The van der Waals surface area contributed by atoms with Crippen molar-refractivity contribution in [3.8, 4) is 0 Å². The van der Waals surface area contributed by atoms with Crippen molar-refractivity contribution in [2.24, 2.45) is 5.92 Å². The van der Waals surface area contributed by atoms with Crippen LogP contribution in [0.2, 0.25) is 0 Å². The van der Waals surface area contributed by atoms with E-state index in [0.29, 0.717) is 5.92 Å². The molecule has 2 rings (SSSR count). The van der Waals surface area contributed by atoms with Gasteiger partial charge in [-0.15, -0.1) is 0 Å². The maximum absolute atomic E-state index is 12.9. The van der Waals surface area contributed by atoms with Crippen molar-refractivity contribution in [1.82, 2.24) is 0 Å². The summed E-state index contributed by atoms with van der Waals surface area (Å²) < 4.78 is 25.6. The molecule has 0 aliphatic carbocycles. The smallest absolute Gasteiger partial charge is 0.160 e. The molecular formula is C12H16F2N2. The van der Waals surface area contributed by atoms with Gasteiger partial charge in [0.15, 0.2) is 11.6 Å². The first-order valence-electron chi connectivity index (χ1n) is 5.22. The highest BCUT2D eigenvalue weighted by atomic mass is 19.2. The van der Waals surface area contributed by atoms with Gasteiger partial charge in [-0.3, -0.25) is 0 Å². The zero-order chi connectivity index (χ0) is 12.1. The molecule has 0 radical (unpaired) electrons. The van der Waals surface area contributed by atoms with Gasteiger partial charge in [0, 0.05) is 24.8 Å². The summed E-state index contributed by atoms with van der Waals surface area (Å²) in [4.78, 5) is 2.09. The van der Waals surface area contributed by atoms with Crippen LogP contribution in [0.25, 0.3) is 0 Å². The third-order valence-electron chi connectivity index (χ3n) is 2.69. The molecule has 0 bridgehead atoms. The van der Waals surface area contributed by atoms with Crippen molar-refractivity contribution < 1.29 is 8.78 Å². The molecule has 1 heterocycles. The normalized spacial score (nSPS) is 19.2. The summed E-state index contributed by atoms with van der Waals surface area (Å²) in [6.45, 7) is 6.54. The Balaban J connectivity index is 0.000000606. The number of anilines is 1. The molecule has 1 saturated heterocycles. The molecule has 1 aromatic rings. The van der Waals surface area contributed by atoms with E-state index >= 15 is 0 Å². The van der Waals surface area contributed by atoms with Gasteiger partial charge in [-0.05, 0) is 31.2 Å². The number of nitrogens with one attached hydrogen (secondary N) is 1. The minimum Gasteiger partial charge on any atom is -0.371 e. The average molecular weight is 226 g/mol. The zero-order valence-electron chi connectivity index (χ0n) is 9.34. The van der Waals surface area contributed by atoms with Gasteiger partial charge in [-0.1, -0.05) is 6.92 Å². The van der Waals surface area contributed by atoms with E-state index in [2.05, 4.69) is 18.5 Å². The Morgan fingerprint density at radius 3 is 2.50 bits per heavy atom. The highest BCUT2D eigenvalue weighted by Gasteiger charge is 2.19. The first-order chi connectivity index (χ1) is 7.66. The monoisotopic (exact) mass is 226 g/mol. The minimum atomic E-state index is -0.777. The van der Waals surface area contributed by atoms with Crippen LogP contribution in [0, 0.1) is 23.0 Å². The molecule has 1 atom stereocenters. The fourth-order valence-electron chi connectivity index (χ4n) is 1.85. The largest absolute Gasteiger partial charge is 0.371 e. The quantitative estimate of drug-likeness (QED) is 0.732. The summed E-state index contributed by atoms with van der Waals surface area (Å²) in [5.74, 6) is -0.897. The van der Waals surface area contributed by atoms with Gasteiger partial charge in [-0.2, -0.15) is 0 Å². The second-order valence-corrected chi connectivity index (χ2v) is 3.94. The maximum atomic E-state index is 12.9. The average Bonchev–Trinajstić information content (AvgIpc) is 2.72. The number of rotatable bonds is 1. The van der Waals surface area contributed by atoms with Gasteiger partial charge in [0.05, 0.1) is 0 Å². The fourth-order valence-corrected chi connectivity index (χ4v) is 1.85. The van der Waals surface area contributed by atoms with Gasteiger partial charge in [0.2, 0.25) is 0 Å². The molecule has 0 aromatic heterocycles. The third kappa shape index (κ3) is 2.78. The van der Waals surface area contributed by atoms with Crippen LogP contribution in [0.5, 0.6) is 0 Å². The Bertz CT molecular complexity index is 355. The van der Waals surface area contributed by atoms with Crippen LogP contribution >= 0.6 is 0 Å². The second-order valence-electron chi connectivity index (χ2n) is 3.94. The Morgan fingerprint density at radius 2 is 2.00 bits per heavy atom. The lowest BCUT2D eigenvalue weighted by atomic mass is 10.2. The van der Waals surface area contributed by atoms with Gasteiger partial charge in [-0.25, -0.2) is 8.78 Å². The molecular weight excluding hydrogens is 210 g/mol. The molecule has 4 heteroatoms. The van der Waals surface area contributed by atoms with E-state index in [-0.39, 0.29) is 0 Å². The van der Waals surface area contributed by atoms with Crippen LogP contribution < -0.4 is 4.90 Å². The molecule has 1 aliphatic heterocycles. The summed E-state index contributed by atoms with van der Waals surface area (Å²) in [6, 6.07) is 4.09. The van der Waals surface area contributed by atoms with Crippen molar-refractivity contribution in [1.29, 1.82) is 5.41 Å². The van der Waals surface area contributed by atoms with E-state index in [1.807, 2.05) is 0 Å². The number of halogens is 2. The Morgan fingerprint density at radius 1 is 1.31 bits per heavy atom. The summed E-state index contributed by atoms with van der Waals surface area (Å²) in [6.07, 6.45) is 1.12. The molecule has 0 amide bonds. The highest BCUT2D eigenvalue weighted by Crippen LogP contribution is 2.24. The van der Waals surface area contributed by atoms with E-state index < -0.39 is 11.6 Å². The molecule has 2 nitrogen and oxygen atoms in total. The molecule has 1 unspecified atom stereocenters. The van der Waals surface area contributed by atoms with Gasteiger partial charge < -0.3 is 10.3 Å². The lowest BCUT2D eigenvalue weighted by molar-refractivity contribution is 0.508. The van der Waals surface area contributed by atoms with Crippen molar-refractivity contribution in [3.63, 3.8) is 0 Å². The van der Waals surface area contributed by atoms with Gasteiger partial charge >= 0.3 is 0 Å². The van der Waals surface area contributed by atoms with Crippen LogP contribution in [0.15, 0.2) is 18.2 Å². The van der Waals surface area contributed by atoms with Crippen molar-refractivity contribution in [3.05, 3.63) is 29.8 Å². The summed E-state index contributed by atoms with van der Waals surface area (Å²) in [5, 5.41) is 5.50. The number of nitrogens with zero attached hydrogens (tertiary/aromatic N) is 1. The standard InChI is InChI=1S/C11H13F2N.CH3N/c1-8-4-5-14(7-8)9-2-3-10(12)11(13)6-9;1-2/h2-3,6,8H,4-5,7H2,1H3;2H,1H2. The molecule has 0 saturated carbocycles. The molecule has 0 spiro atoms. The third-order valence-corrected chi connectivity index (χ3v) is 2.69. The molecule has 16 heavy (non-hydrogen) atoms. The fraction of sp³-hybridized carbons (Fsp3) is 0.417. The highest BCUT2D eigenvalue weighted by molar-refractivity contribution is 5.47. The number of benzene rings is 1. The predicted molar refractivity (Wildman–Crippen MR) is 62.2 cm³/mol. The molecule has 88 valence electrons. The van der Waals surface area contributed by atoms with E-state index in [0.717, 1.165) is 25.2 Å². The van der Waals surface area contributed by atoms with Crippen molar-refractivity contribution in [2.75, 3.05) is 18.0 Å². The summed E-state index contributed by atoms with van der Waals surface area (Å²) in [7, 11) is 0. The molecule has 1 aliphatic rings. The Labute approximate surface area is 94.4 Å². The molecule has 1 aromatic carbocycles. The van der Waals surface area contributed by atoms with Crippen molar-refractivity contribution >= 4 is 12.4 Å². The second kappa shape index (κ2) is 5.58. The maximum Gasteiger partial charge on any atom is 0.160 e. The van der Waals surface area contributed by atoms with Gasteiger partial charge in [0.25, 0.3) is 0 Å².